The number of carbonyl (C=O) groups excluding carboxylic acids is 2. The molecule has 11 heteroatoms. The SMILES string of the molecule is N[C@H](Cc1cc(F)c(F)cc1F)C(OC=O)C(=O)N1CCC[C@H]1c1nc(C2CC2)no1. The van der Waals surface area contributed by atoms with E-state index in [0.717, 1.165) is 12.8 Å². The summed E-state index contributed by atoms with van der Waals surface area (Å²) in [6.07, 6.45) is 1.44. The Kier molecular flexibility index (Phi) is 5.94. The van der Waals surface area contributed by atoms with Gasteiger partial charge in [0.2, 0.25) is 5.89 Å². The lowest BCUT2D eigenvalue weighted by Gasteiger charge is -2.29. The zero-order valence-corrected chi connectivity index (χ0v) is 16.5. The second kappa shape index (κ2) is 8.66. The van der Waals surface area contributed by atoms with Crippen molar-refractivity contribution in [2.24, 2.45) is 5.73 Å². The summed E-state index contributed by atoms with van der Waals surface area (Å²) in [7, 11) is 0. The number of hydrogen-bond donors (Lipinski definition) is 1. The molecule has 2 heterocycles. The van der Waals surface area contributed by atoms with E-state index in [1.54, 1.807) is 0 Å². The van der Waals surface area contributed by atoms with E-state index in [-0.39, 0.29) is 24.4 Å². The summed E-state index contributed by atoms with van der Waals surface area (Å²) in [5.74, 6) is -2.99. The molecular weight excluding hydrogens is 417 g/mol. The van der Waals surface area contributed by atoms with Crippen LogP contribution < -0.4 is 5.73 Å². The van der Waals surface area contributed by atoms with Crippen molar-refractivity contribution in [2.45, 2.75) is 56.2 Å². The second-order valence-corrected chi connectivity index (χ2v) is 7.83. The maximum Gasteiger partial charge on any atom is 0.293 e. The van der Waals surface area contributed by atoms with Gasteiger partial charge in [0.1, 0.15) is 11.9 Å². The highest BCUT2D eigenvalue weighted by Crippen LogP contribution is 2.40. The van der Waals surface area contributed by atoms with Gasteiger partial charge in [-0.25, -0.2) is 13.2 Å². The highest BCUT2D eigenvalue weighted by Gasteiger charge is 2.41. The van der Waals surface area contributed by atoms with Crippen LogP contribution in [0.3, 0.4) is 0 Å². The zero-order valence-electron chi connectivity index (χ0n) is 16.5. The molecule has 2 N–H and O–H groups in total. The summed E-state index contributed by atoms with van der Waals surface area (Å²) in [6, 6.07) is -0.609. The fraction of sp³-hybridized carbons (Fsp3) is 0.500. The number of aromatic nitrogens is 2. The Morgan fingerprint density at radius 1 is 1.26 bits per heavy atom. The molecule has 2 fully saturated rings. The van der Waals surface area contributed by atoms with Gasteiger partial charge in [0.05, 0.1) is 6.04 Å². The van der Waals surface area contributed by atoms with Gasteiger partial charge in [-0.05, 0) is 43.7 Å². The monoisotopic (exact) mass is 438 g/mol. The van der Waals surface area contributed by atoms with Crippen molar-refractivity contribution in [2.75, 3.05) is 6.54 Å². The van der Waals surface area contributed by atoms with E-state index in [4.69, 9.17) is 15.0 Å². The van der Waals surface area contributed by atoms with E-state index in [1.165, 1.54) is 4.90 Å². The first-order chi connectivity index (χ1) is 14.9. The summed E-state index contributed by atoms with van der Waals surface area (Å²) < 4.78 is 50.9. The maximum atomic E-state index is 14.0. The smallest absolute Gasteiger partial charge is 0.293 e. The number of halogens is 3. The van der Waals surface area contributed by atoms with Crippen LogP contribution in [0.15, 0.2) is 16.7 Å². The van der Waals surface area contributed by atoms with Crippen LogP contribution >= 0.6 is 0 Å². The molecule has 3 atom stereocenters. The lowest BCUT2D eigenvalue weighted by molar-refractivity contribution is -0.154. The first-order valence-electron chi connectivity index (χ1n) is 10.0. The van der Waals surface area contributed by atoms with E-state index in [2.05, 4.69) is 10.1 Å². The van der Waals surface area contributed by atoms with Crippen LogP contribution in [-0.4, -0.2) is 46.1 Å². The lowest BCUT2D eigenvalue weighted by Crippen LogP contribution is -2.50. The number of amides is 1. The first kappa shape index (κ1) is 21.3. The van der Waals surface area contributed by atoms with Crippen molar-refractivity contribution < 1.29 is 32.0 Å². The highest BCUT2D eigenvalue weighted by atomic mass is 19.2. The Hall–Kier alpha value is -2.95. The molecule has 4 rings (SSSR count). The number of carbonyl (C=O) groups is 2. The molecule has 2 aromatic rings. The molecule has 0 spiro atoms. The third kappa shape index (κ3) is 4.41. The third-order valence-corrected chi connectivity index (χ3v) is 5.60. The van der Waals surface area contributed by atoms with Gasteiger partial charge in [-0.3, -0.25) is 9.59 Å². The van der Waals surface area contributed by atoms with Crippen molar-refractivity contribution >= 4 is 12.4 Å². The molecular formula is C20H21F3N4O4. The third-order valence-electron chi connectivity index (χ3n) is 5.60. The fourth-order valence-electron chi connectivity index (χ4n) is 3.82. The van der Waals surface area contributed by atoms with Crippen LogP contribution in [0.1, 0.15) is 54.9 Å². The van der Waals surface area contributed by atoms with Crippen molar-refractivity contribution in [3.05, 3.63) is 46.9 Å². The average Bonchev–Trinajstić information content (AvgIpc) is 3.26. The molecule has 1 saturated heterocycles. The summed E-state index contributed by atoms with van der Waals surface area (Å²) in [5, 5.41) is 3.97. The zero-order chi connectivity index (χ0) is 22.1. The Labute approximate surface area is 175 Å². The number of likely N-dealkylation sites (tertiary alicyclic amines) is 1. The summed E-state index contributed by atoms with van der Waals surface area (Å²) in [5.41, 5.74) is 5.80. The minimum absolute atomic E-state index is 0.0764. The van der Waals surface area contributed by atoms with Crippen LogP contribution in [-0.2, 0) is 20.7 Å². The minimum Gasteiger partial charge on any atom is -0.453 e. The van der Waals surface area contributed by atoms with Crippen molar-refractivity contribution in [3.63, 3.8) is 0 Å². The summed E-state index contributed by atoms with van der Waals surface area (Å²) in [6.45, 7) is 0.433. The van der Waals surface area contributed by atoms with Gasteiger partial charge in [0.25, 0.3) is 12.4 Å². The predicted molar refractivity (Wildman–Crippen MR) is 98.9 cm³/mol. The fourth-order valence-corrected chi connectivity index (χ4v) is 3.82. The molecule has 1 aromatic heterocycles. The van der Waals surface area contributed by atoms with Crippen LogP contribution in [0.4, 0.5) is 13.2 Å². The molecule has 1 aliphatic carbocycles. The Morgan fingerprint density at radius 3 is 2.71 bits per heavy atom. The largest absolute Gasteiger partial charge is 0.453 e. The molecule has 1 unspecified atom stereocenters. The van der Waals surface area contributed by atoms with Crippen molar-refractivity contribution in [1.82, 2.24) is 15.0 Å². The first-order valence-corrected chi connectivity index (χ1v) is 10.0. The molecule has 31 heavy (non-hydrogen) atoms. The Morgan fingerprint density at radius 2 is 2.00 bits per heavy atom. The minimum atomic E-state index is -1.45. The molecule has 0 radical (unpaired) electrons. The molecule has 166 valence electrons. The number of benzene rings is 1. The molecule has 2 aliphatic rings. The number of nitrogens with zero attached hydrogens (tertiary/aromatic N) is 3. The molecule has 0 bridgehead atoms. The number of hydrogen-bond acceptors (Lipinski definition) is 7. The predicted octanol–water partition coefficient (Wildman–Crippen LogP) is 2.14. The second-order valence-electron chi connectivity index (χ2n) is 7.83. The van der Waals surface area contributed by atoms with Crippen molar-refractivity contribution in [3.8, 4) is 0 Å². The van der Waals surface area contributed by atoms with E-state index in [9.17, 15) is 22.8 Å². The van der Waals surface area contributed by atoms with Gasteiger partial charge in [-0.2, -0.15) is 4.98 Å². The van der Waals surface area contributed by atoms with Crippen LogP contribution in [0, 0.1) is 17.5 Å². The van der Waals surface area contributed by atoms with Gasteiger partial charge in [-0.15, -0.1) is 0 Å². The van der Waals surface area contributed by atoms with Crippen LogP contribution in [0.2, 0.25) is 0 Å². The van der Waals surface area contributed by atoms with Crippen LogP contribution in [0.25, 0.3) is 0 Å². The molecule has 1 aliphatic heterocycles. The maximum absolute atomic E-state index is 14.0. The van der Waals surface area contributed by atoms with E-state index in [1.807, 2.05) is 0 Å². The van der Waals surface area contributed by atoms with Crippen LogP contribution in [0.5, 0.6) is 0 Å². The molecule has 1 amide bonds. The average molecular weight is 438 g/mol. The topological polar surface area (TPSA) is 112 Å². The Bertz CT molecular complexity index is 981. The van der Waals surface area contributed by atoms with Gasteiger partial charge in [0.15, 0.2) is 23.6 Å². The quantitative estimate of drug-likeness (QED) is 0.496. The van der Waals surface area contributed by atoms with E-state index >= 15 is 0 Å². The number of ether oxygens (including phenoxy) is 1. The molecule has 8 nitrogen and oxygen atoms in total. The standard InChI is InChI=1S/C20H21F3N4O4/c21-12-8-14(23)13(22)6-11(12)7-15(24)17(30-9-28)20(29)27-5-1-2-16(27)19-25-18(26-31-19)10-3-4-10/h6,8-10,15-17H,1-5,7,24H2/t15-,16+,17?/m1/s1. The highest BCUT2D eigenvalue weighted by molar-refractivity contribution is 5.83. The van der Waals surface area contributed by atoms with Crippen molar-refractivity contribution in [1.29, 1.82) is 0 Å². The van der Waals surface area contributed by atoms with E-state index in [0.29, 0.717) is 43.2 Å². The van der Waals surface area contributed by atoms with Gasteiger partial charge >= 0.3 is 0 Å². The number of nitrogens with two attached hydrogens (primary N) is 1. The van der Waals surface area contributed by atoms with Gasteiger partial charge in [-0.1, -0.05) is 5.16 Å². The summed E-state index contributed by atoms with van der Waals surface area (Å²) >= 11 is 0. The summed E-state index contributed by atoms with van der Waals surface area (Å²) in [4.78, 5) is 30.0. The normalized spacial score (nSPS) is 20.5. The van der Waals surface area contributed by atoms with E-state index < -0.39 is 41.5 Å². The van der Waals surface area contributed by atoms with Gasteiger partial charge in [0, 0.05) is 18.5 Å². The number of rotatable bonds is 8. The molecule has 1 saturated carbocycles. The van der Waals surface area contributed by atoms with Gasteiger partial charge < -0.3 is 19.9 Å². The molecule has 1 aromatic carbocycles. The Balaban J connectivity index is 1.51. The lowest BCUT2D eigenvalue weighted by atomic mass is 10.00.